The number of amides is 1. The molecule has 0 saturated carbocycles. The lowest BCUT2D eigenvalue weighted by atomic mass is 9.93. The third-order valence-electron chi connectivity index (χ3n) is 5.21. The van der Waals surface area contributed by atoms with Crippen LogP contribution in [0.15, 0.2) is 54.1 Å². The summed E-state index contributed by atoms with van der Waals surface area (Å²) in [7, 11) is 0. The lowest BCUT2D eigenvalue weighted by Crippen LogP contribution is -2.35. The molecule has 30 heavy (non-hydrogen) atoms. The molecule has 6 heteroatoms. The predicted octanol–water partition coefficient (Wildman–Crippen LogP) is 3.48. The van der Waals surface area contributed by atoms with Crippen molar-refractivity contribution in [2.24, 2.45) is 0 Å². The zero-order chi connectivity index (χ0) is 22.0. The van der Waals surface area contributed by atoms with Crippen LogP contribution in [0.1, 0.15) is 55.0 Å². The van der Waals surface area contributed by atoms with Gasteiger partial charge in [-0.2, -0.15) is 5.26 Å². The summed E-state index contributed by atoms with van der Waals surface area (Å²) in [6, 6.07) is 14.9. The van der Waals surface area contributed by atoms with E-state index in [-0.39, 0.29) is 17.9 Å². The van der Waals surface area contributed by atoms with Gasteiger partial charge in [0.2, 0.25) is 0 Å². The van der Waals surface area contributed by atoms with Gasteiger partial charge in [0.1, 0.15) is 5.76 Å². The molecule has 1 aliphatic heterocycles. The number of benzene rings is 2. The molecule has 1 heterocycles. The van der Waals surface area contributed by atoms with E-state index in [4.69, 9.17) is 5.26 Å². The second-order valence-corrected chi connectivity index (χ2v) is 7.81. The van der Waals surface area contributed by atoms with Gasteiger partial charge in [0.15, 0.2) is 0 Å². The third kappa shape index (κ3) is 3.98. The Hall–Kier alpha value is -3.43. The molecule has 2 aromatic carbocycles. The molecule has 6 nitrogen and oxygen atoms in total. The first-order chi connectivity index (χ1) is 14.2. The first-order valence-electron chi connectivity index (χ1n) is 9.81. The van der Waals surface area contributed by atoms with Gasteiger partial charge in [-0.05, 0) is 48.2 Å². The van der Waals surface area contributed by atoms with Crippen LogP contribution >= 0.6 is 0 Å². The Morgan fingerprint density at radius 1 is 1.07 bits per heavy atom. The van der Waals surface area contributed by atoms with E-state index < -0.39 is 23.8 Å². The van der Waals surface area contributed by atoms with E-state index in [1.54, 1.807) is 6.92 Å². The van der Waals surface area contributed by atoms with Crippen LogP contribution in [0.2, 0.25) is 0 Å². The number of aliphatic hydroxyl groups excluding tert-OH is 2. The Morgan fingerprint density at radius 2 is 1.67 bits per heavy atom. The second-order valence-electron chi connectivity index (χ2n) is 7.81. The summed E-state index contributed by atoms with van der Waals surface area (Å²) in [4.78, 5) is 26.9. The summed E-state index contributed by atoms with van der Waals surface area (Å²) in [5.41, 5.74) is 2.52. The Labute approximate surface area is 175 Å². The van der Waals surface area contributed by atoms with E-state index in [2.05, 4.69) is 13.8 Å². The molecular weight excluding hydrogens is 380 g/mol. The first kappa shape index (κ1) is 21.3. The lowest BCUT2D eigenvalue weighted by Gasteiger charge is -2.26. The zero-order valence-corrected chi connectivity index (χ0v) is 17.2. The molecule has 0 radical (unpaired) electrons. The fraction of sp³-hybridized carbons (Fsp3) is 0.292. The van der Waals surface area contributed by atoms with E-state index in [1.165, 1.54) is 29.2 Å². The van der Waals surface area contributed by atoms with Gasteiger partial charge < -0.3 is 15.1 Å². The number of carbonyl (C=O) groups excluding carboxylic acids is 2. The largest absolute Gasteiger partial charge is 0.507 e. The molecule has 2 atom stereocenters. The number of hydrogen-bond donors (Lipinski definition) is 2. The van der Waals surface area contributed by atoms with Crippen molar-refractivity contribution in [1.29, 1.82) is 5.26 Å². The fourth-order valence-corrected chi connectivity index (χ4v) is 3.62. The highest BCUT2D eigenvalue weighted by Crippen LogP contribution is 2.39. The van der Waals surface area contributed by atoms with Crippen molar-refractivity contribution in [2.75, 3.05) is 6.54 Å². The maximum Gasteiger partial charge on any atom is 0.295 e. The minimum absolute atomic E-state index is 0.0253. The number of likely N-dealkylation sites (tertiary alicyclic amines) is 1. The molecule has 1 aliphatic rings. The van der Waals surface area contributed by atoms with Crippen LogP contribution in [0, 0.1) is 11.3 Å². The van der Waals surface area contributed by atoms with Crippen LogP contribution in [0.5, 0.6) is 0 Å². The Balaban J connectivity index is 2.15. The van der Waals surface area contributed by atoms with E-state index in [9.17, 15) is 19.8 Å². The van der Waals surface area contributed by atoms with Crippen LogP contribution in [0.4, 0.5) is 0 Å². The molecule has 154 valence electrons. The standard InChI is InChI=1S/C24H24N2O4/c1-14(2)17-8-10-18(11-9-17)21-20(23(29)24(30)26(21)13-15(3)27)22(28)19-6-4-16(12-25)5-7-19/h4-11,14-15,21,27-28H,13H2,1-3H3. The highest BCUT2D eigenvalue weighted by molar-refractivity contribution is 6.46. The molecule has 2 N–H and O–H groups in total. The van der Waals surface area contributed by atoms with Crippen molar-refractivity contribution in [2.45, 2.75) is 38.8 Å². The van der Waals surface area contributed by atoms with Crippen LogP contribution in [0.3, 0.4) is 0 Å². The second kappa shape index (κ2) is 8.52. The number of β-amino-alcohol motifs (C(OH)–C–C–N with tert-alkyl or cyclic N) is 1. The van der Waals surface area contributed by atoms with Crippen molar-refractivity contribution >= 4 is 17.4 Å². The van der Waals surface area contributed by atoms with Gasteiger partial charge in [-0.25, -0.2) is 0 Å². The van der Waals surface area contributed by atoms with Gasteiger partial charge in [-0.15, -0.1) is 0 Å². The van der Waals surface area contributed by atoms with E-state index in [1.807, 2.05) is 30.3 Å². The molecule has 1 saturated heterocycles. The molecule has 2 unspecified atom stereocenters. The summed E-state index contributed by atoms with van der Waals surface area (Å²) < 4.78 is 0. The molecule has 0 aromatic heterocycles. The predicted molar refractivity (Wildman–Crippen MR) is 112 cm³/mol. The minimum Gasteiger partial charge on any atom is -0.507 e. The Kier molecular flexibility index (Phi) is 6.04. The van der Waals surface area contributed by atoms with Gasteiger partial charge in [0.25, 0.3) is 11.7 Å². The molecule has 0 spiro atoms. The number of nitrogens with zero attached hydrogens (tertiary/aromatic N) is 2. The molecule has 0 bridgehead atoms. The van der Waals surface area contributed by atoms with Crippen molar-refractivity contribution in [3.63, 3.8) is 0 Å². The Bertz CT molecular complexity index is 1030. The van der Waals surface area contributed by atoms with Crippen molar-refractivity contribution in [3.8, 4) is 6.07 Å². The number of rotatable bonds is 5. The van der Waals surface area contributed by atoms with Gasteiger partial charge in [-0.1, -0.05) is 38.1 Å². The number of hydrogen-bond acceptors (Lipinski definition) is 5. The van der Waals surface area contributed by atoms with E-state index in [0.29, 0.717) is 22.6 Å². The van der Waals surface area contributed by atoms with Gasteiger partial charge >= 0.3 is 0 Å². The highest BCUT2D eigenvalue weighted by Gasteiger charge is 2.46. The van der Waals surface area contributed by atoms with Crippen LogP contribution < -0.4 is 0 Å². The number of ketones is 1. The summed E-state index contributed by atoms with van der Waals surface area (Å²) in [5, 5.41) is 29.8. The van der Waals surface area contributed by atoms with E-state index in [0.717, 1.165) is 5.56 Å². The van der Waals surface area contributed by atoms with Crippen molar-refractivity contribution in [1.82, 2.24) is 4.90 Å². The minimum atomic E-state index is -0.837. The molecule has 3 rings (SSSR count). The third-order valence-corrected chi connectivity index (χ3v) is 5.21. The first-order valence-corrected chi connectivity index (χ1v) is 9.81. The lowest BCUT2D eigenvalue weighted by molar-refractivity contribution is -0.140. The topological polar surface area (TPSA) is 102 Å². The number of carbonyl (C=O) groups is 2. The number of Topliss-reactive ketones (excluding diaryl/α,β-unsaturated/α-hetero) is 1. The smallest absolute Gasteiger partial charge is 0.295 e. The molecule has 1 amide bonds. The Morgan fingerprint density at radius 3 is 2.17 bits per heavy atom. The van der Waals surface area contributed by atoms with Crippen LogP contribution in [-0.4, -0.2) is 39.5 Å². The molecular formula is C24H24N2O4. The average molecular weight is 404 g/mol. The molecule has 1 fully saturated rings. The average Bonchev–Trinajstić information content (AvgIpc) is 2.97. The molecule has 0 aliphatic carbocycles. The van der Waals surface area contributed by atoms with Crippen molar-refractivity contribution < 1.29 is 19.8 Å². The van der Waals surface area contributed by atoms with Crippen LogP contribution in [0.25, 0.3) is 5.76 Å². The SMILES string of the molecule is CC(O)CN1C(=O)C(=O)C(=C(O)c2ccc(C#N)cc2)C1c1ccc(C(C)C)cc1. The van der Waals surface area contributed by atoms with E-state index >= 15 is 0 Å². The summed E-state index contributed by atoms with van der Waals surface area (Å²) >= 11 is 0. The maximum atomic E-state index is 12.9. The normalized spacial score (nSPS) is 19.2. The molecule has 2 aromatic rings. The number of aliphatic hydroxyl groups is 2. The summed E-state index contributed by atoms with van der Waals surface area (Å²) in [6.07, 6.45) is -0.837. The fourth-order valence-electron chi connectivity index (χ4n) is 3.62. The summed E-state index contributed by atoms with van der Waals surface area (Å²) in [5.74, 6) is -1.54. The maximum absolute atomic E-state index is 12.9. The quantitative estimate of drug-likeness (QED) is 0.451. The van der Waals surface area contributed by atoms with Crippen LogP contribution in [-0.2, 0) is 9.59 Å². The number of nitriles is 1. The van der Waals surface area contributed by atoms with Gasteiger partial charge in [0.05, 0.1) is 29.4 Å². The van der Waals surface area contributed by atoms with Crippen molar-refractivity contribution in [3.05, 3.63) is 76.4 Å². The summed E-state index contributed by atoms with van der Waals surface area (Å²) in [6.45, 7) is 5.64. The zero-order valence-electron chi connectivity index (χ0n) is 17.2. The highest BCUT2D eigenvalue weighted by atomic mass is 16.3. The monoisotopic (exact) mass is 404 g/mol. The van der Waals surface area contributed by atoms with Gasteiger partial charge in [-0.3, -0.25) is 9.59 Å². The van der Waals surface area contributed by atoms with Gasteiger partial charge in [0, 0.05) is 12.1 Å².